The lowest BCUT2D eigenvalue weighted by Crippen LogP contribution is -2.28. The molecule has 636 valence electrons. The topological polar surface area (TPSA) is 16.3 Å². The molecule has 136 heavy (non-hydrogen) atoms. The third-order valence-corrected chi connectivity index (χ3v) is 28.9. The molecule has 4 heteroatoms. The van der Waals surface area contributed by atoms with Crippen molar-refractivity contribution in [2.24, 2.45) is 0 Å². The maximum Gasteiger partial charge on any atom is 0.0713 e. The van der Waals surface area contributed by atoms with Crippen molar-refractivity contribution in [3.05, 3.63) is 578 Å². The summed E-state index contributed by atoms with van der Waals surface area (Å²) in [5, 5.41) is 15.0. The monoisotopic (exact) mass is 1730 g/mol. The van der Waals surface area contributed by atoms with Gasteiger partial charge in [-0.3, -0.25) is 0 Å². The molecule has 2 heterocycles. The molecule has 2 aliphatic carbocycles. The molecule has 0 radical (unpaired) electrons. The minimum absolute atomic E-state index is 0.461. The van der Waals surface area contributed by atoms with Gasteiger partial charge in [0.2, 0.25) is 0 Å². The Hall–Kier alpha value is -17.7. The highest BCUT2D eigenvalue weighted by molar-refractivity contribution is 6.20. The van der Waals surface area contributed by atoms with Crippen LogP contribution in [0, 0.1) is 0 Å². The zero-order valence-corrected chi connectivity index (χ0v) is 74.6. The molecule has 0 bridgehead atoms. The molecule has 0 fully saturated rings. The first-order valence-electron chi connectivity index (χ1n) is 47.1. The average molecular weight is 1730 g/mol. The molecular weight excluding hydrogens is 1640 g/mol. The second kappa shape index (κ2) is 32.7. The lowest BCUT2D eigenvalue weighted by molar-refractivity contribution is 0.768. The summed E-state index contributed by atoms with van der Waals surface area (Å²) >= 11 is 0. The van der Waals surface area contributed by atoms with Gasteiger partial charge in [-0.05, 0) is 283 Å². The summed E-state index contributed by atoms with van der Waals surface area (Å²) in [6, 6.07) is 196. The van der Waals surface area contributed by atoms with E-state index in [4.69, 9.17) is 0 Å². The number of nitrogens with zero attached hydrogens (tertiary/aromatic N) is 4. The molecule has 0 saturated heterocycles. The van der Waals surface area contributed by atoms with Gasteiger partial charge in [-0.1, -0.05) is 394 Å². The molecule has 0 N–H and O–H groups in total. The first-order valence-corrected chi connectivity index (χ1v) is 47.1. The van der Waals surface area contributed by atoms with Crippen molar-refractivity contribution in [1.82, 2.24) is 9.13 Å². The van der Waals surface area contributed by atoms with E-state index in [1.807, 2.05) is 0 Å². The molecule has 23 aromatic carbocycles. The van der Waals surface area contributed by atoms with E-state index in [0.29, 0.717) is 0 Å². The van der Waals surface area contributed by atoms with Crippen molar-refractivity contribution in [2.75, 3.05) is 9.80 Å². The number of rotatable bonds is 15. The highest BCUT2D eigenvalue weighted by Crippen LogP contribution is 2.59. The van der Waals surface area contributed by atoms with E-state index in [9.17, 15) is 0 Å². The van der Waals surface area contributed by atoms with Crippen LogP contribution in [0.15, 0.2) is 534 Å². The van der Waals surface area contributed by atoms with Crippen molar-refractivity contribution in [1.29, 1.82) is 0 Å². The van der Waals surface area contributed by atoms with Crippen LogP contribution in [-0.4, -0.2) is 9.13 Å². The van der Waals surface area contributed by atoms with Gasteiger partial charge in [0.05, 0.1) is 32.9 Å². The summed E-state index contributed by atoms with van der Waals surface area (Å²) < 4.78 is 4.82. The lowest BCUT2D eigenvalue weighted by Gasteiger charge is -2.34. The standard InChI is InChI=1S/C69H46N2.C63H42N2/c1-4-16-47(17-5-1)48-30-37-56(38-31-48)70(58-41-35-54(36-42-58)69(53-18-6-2-7-19-53)65-25-13-10-22-60(65)61-23-11-14-26-66(61)69)57-39-32-49(33-40-57)50-34-43-59-51(44-50)28-29-52-45-64-62-24-12-15-27-67(62)71(68(64)46-63(52)59)55-20-8-3-9-21-55;1-4-16-43(17-5-1)44-30-34-50(35-31-44)64(51-36-32-48(33-37-51)63(47-18-6-2-7-19-47)59-25-13-10-22-54(59)55-23-11-14-26-60(55)63)52-38-39-53-45(40-52)28-29-46-41-58-56-24-12-15-27-61(56)65(62(58)42-57(46)53)49-20-8-3-9-21-49/h1-46H;1-42H. The van der Waals surface area contributed by atoms with E-state index in [1.165, 1.54) is 193 Å². The summed E-state index contributed by atoms with van der Waals surface area (Å²) in [5.74, 6) is 0. The van der Waals surface area contributed by atoms with Crippen molar-refractivity contribution < 1.29 is 0 Å². The first kappa shape index (κ1) is 79.3. The minimum atomic E-state index is -0.462. The fraction of sp³-hybridized carbons (Fsp3) is 0.0152. The maximum atomic E-state index is 2.41. The highest BCUT2D eigenvalue weighted by atomic mass is 15.1. The molecule has 0 saturated carbocycles. The molecule has 25 aromatic rings. The van der Waals surface area contributed by atoms with Gasteiger partial charge in [-0.25, -0.2) is 0 Å². The Kier molecular flexibility index (Phi) is 19.1. The Balaban J connectivity index is 0.000000142. The molecular formula is C132H88N4. The molecule has 0 amide bonds. The molecule has 0 spiro atoms. The van der Waals surface area contributed by atoms with E-state index in [1.54, 1.807) is 0 Å². The molecule has 4 nitrogen and oxygen atoms in total. The molecule has 0 atom stereocenters. The van der Waals surface area contributed by atoms with Gasteiger partial charge in [0, 0.05) is 67.0 Å². The quantitative estimate of drug-likeness (QED) is 0.0951. The van der Waals surface area contributed by atoms with E-state index >= 15 is 0 Å². The number of aromatic nitrogens is 2. The Morgan fingerprint density at radius 1 is 0.147 bits per heavy atom. The number of para-hydroxylation sites is 4. The maximum absolute atomic E-state index is 2.41. The largest absolute Gasteiger partial charge is 0.311 e. The molecule has 0 aliphatic heterocycles. The number of benzene rings is 23. The van der Waals surface area contributed by atoms with Crippen LogP contribution < -0.4 is 9.80 Å². The first-order chi connectivity index (χ1) is 67.4. The van der Waals surface area contributed by atoms with Gasteiger partial charge in [0.15, 0.2) is 0 Å². The second-order valence-electron chi connectivity index (χ2n) is 36.1. The summed E-state index contributed by atoms with van der Waals surface area (Å²) in [7, 11) is 0. The minimum Gasteiger partial charge on any atom is -0.311 e. The summed E-state index contributed by atoms with van der Waals surface area (Å²) in [4.78, 5) is 4.79. The zero-order valence-electron chi connectivity index (χ0n) is 74.6. The van der Waals surface area contributed by atoms with Crippen LogP contribution in [0.5, 0.6) is 0 Å². The predicted molar refractivity (Wildman–Crippen MR) is 572 cm³/mol. The Morgan fingerprint density at radius 3 is 0.794 bits per heavy atom. The smallest absolute Gasteiger partial charge is 0.0713 e. The molecule has 0 unspecified atom stereocenters. The van der Waals surface area contributed by atoms with E-state index in [2.05, 4.69) is 553 Å². The molecule has 27 rings (SSSR count). The number of hydrogen-bond donors (Lipinski definition) is 0. The van der Waals surface area contributed by atoms with Gasteiger partial charge in [0.25, 0.3) is 0 Å². The van der Waals surface area contributed by atoms with Crippen molar-refractivity contribution in [3.8, 4) is 67.0 Å². The third kappa shape index (κ3) is 12.9. The molecule has 2 aliphatic rings. The van der Waals surface area contributed by atoms with Crippen LogP contribution in [-0.2, 0) is 10.8 Å². The van der Waals surface area contributed by atoms with Crippen LogP contribution in [0.1, 0.15) is 44.5 Å². The summed E-state index contributed by atoms with van der Waals surface area (Å²) in [5.41, 5.74) is 35.5. The van der Waals surface area contributed by atoms with Crippen molar-refractivity contribution >= 4 is 121 Å². The normalized spacial score (nSPS) is 12.7. The Morgan fingerprint density at radius 2 is 0.412 bits per heavy atom. The van der Waals surface area contributed by atoms with Gasteiger partial charge in [-0.2, -0.15) is 0 Å². The Bertz CT molecular complexity index is 8810. The fourth-order valence-corrected chi connectivity index (χ4v) is 22.8. The van der Waals surface area contributed by atoms with Crippen LogP contribution in [0.25, 0.3) is 154 Å². The second-order valence-corrected chi connectivity index (χ2v) is 36.1. The van der Waals surface area contributed by atoms with Gasteiger partial charge >= 0.3 is 0 Å². The van der Waals surface area contributed by atoms with Crippen LogP contribution in [0.4, 0.5) is 34.1 Å². The fourth-order valence-electron chi connectivity index (χ4n) is 22.8. The third-order valence-electron chi connectivity index (χ3n) is 28.9. The lowest BCUT2D eigenvalue weighted by atomic mass is 9.68. The zero-order chi connectivity index (χ0) is 89.8. The number of anilines is 6. The van der Waals surface area contributed by atoms with Crippen LogP contribution in [0.2, 0.25) is 0 Å². The predicted octanol–water partition coefficient (Wildman–Crippen LogP) is 34.8. The van der Waals surface area contributed by atoms with Crippen molar-refractivity contribution in [3.63, 3.8) is 0 Å². The van der Waals surface area contributed by atoms with E-state index < -0.39 is 10.8 Å². The number of fused-ring (bicyclic) bond motifs is 18. The van der Waals surface area contributed by atoms with E-state index in [-0.39, 0.29) is 0 Å². The summed E-state index contributed by atoms with van der Waals surface area (Å²) in [6.45, 7) is 0. The molecule has 2 aromatic heterocycles. The van der Waals surface area contributed by atoms with Gasteiger partial charge in [0.1, 0.15) is 0 Å². The Labute approximate surface area is 790 Å². The van der Waals surface area contributed by atoms with Crippen LogP contribution in [0.3, 0.4) is 0 Å². The summed E-state index contributed by atoms with van der Waals surface area (Å²) in [6.07, 6.45) is 0. The van der Waals surface area contributed by atoms with Crippen molar-refractivity contribution in [2.45, 2.75) is 10.8 Å². The van der Waals surface area contributed by atoms with Gasteiger partial charge in [-0.15, -0.1) is 0 Å². The van der Waals surface area contributed by atoms with Crippen LogP contribution >= 0.6 is 0 Å². The van der Waals surface area contributed by atoms with E-state index in [0.717, 1.165) is 39.8 Å². The SMILES string of the molecule is c1ccc(-c2ccc(N(c3ccc(-c4ccc5c(ccc6cc7c8ccccc8n(-c8ccccc8)c7cc65)c4)cc3)c3ccc(C4(c5ccccc5)c5ccccc5-c5ccccc54)cc3)cc2)cc1.c1ccc(-c2ccc(N(c3ccc(C4(c5ccccc5)c5ccccc5-c5ccccc54)cc3)c3ccc4c(ccc5cc6c7ccccc7n(-c7ccccc7)c6cc54)c3)cc2)cc1. The highest BCUT2D eigenvalue weighted by Gasteiger charge is 2.48. The average Bonchev–Trinajstić information content (AvgIpc) is 1.54. The number of hydrogen-bond acceptors (Lipinski definition) is 2. The van der Waals surface area contributed by atoms with Gasteiger partial charge < -0.3 is 18.9 Å².